The van der Waals surface area contributed by atoms with E-state index in [0.29, 0.717) is 18.7 Å². The Bertz CT molecular complexity index is 437. The molecule has 6 nitrogen and oxygen atoms in total. The highest BCUT2D eigenvalue weighted by Crippen LogP contribution is 2.05. The molecule has 1 aromatic rings. The van der Waals surface area contributed by atoms with Crippen molar-refractivity contribution in [2.45, 2.75) is 13.5 Å². The third-order valence-corrected chi connectivity index (χ3v) is 2.46. The summed E-state index contributed by atoms with van der Waals surface area (Å²) < 4.78 is 0. The molecule has 0 saturated heterocycles. The molecule has 1 rings (SSSR count). The predicted octanol–water partition coefficient (Wildman–Crippen LogP) is 0.277. The monoisotopic (exact) mass is 247 g/mol. The molecule has 0 saturated carbocycles. The van der Waals surface area contributed by atoms with Gasteiger partial charge in [-0.05, 0) is 26.1 Å². The largest absolute Gasteiger partial charge is 0.299 e. The Balaban J connectivity index is 2.59. The van der Waals surface area contributed by atoms with Gasteiger partial charge in [-0.3, -0.25) is 20.1 Å². The second kappa shape index (κ2) is 6.69. The van der Waals surface area contributed by atoms with Crippen LogP contribution in [0.5, 0.6) is 0 Å². The fraction of sp³-hybridized carbons (Fsp3) is 0.417. The minimum atomic E-state index is -0.361. The van der Waals surface area contributed by atoms with Crippen LogP contribution in [-0.4, -0.2) is 29.4 Å². The highest BCUT2D eigenvalue weighted by molar-refractivity contribution is 5.93. The van der Waals surface area contributed by atoms with Gasteiger partial charge in [-0.1, -0.05) is 0 Å². The Kier molecular flexibility index (Phi) is 5.24. The number of nitrogens with one attached hydrogen (secondary N) is 1. The summed E-state index contributed by atoms with van der Waals surface area (Å²) in [6.07, 6.45) is 1.49. The van der Waals surface area contributed by atoms with Gasteiger partial charge >= 0.3 is 0 Å². The van der Waals surface area contributed by atoms with Gasteiger partial charge in [0.15, 0.2) is 0 Å². The van der Waals surface area contributed by atoms with E-state index in [2.05, 4.69) is 11.1 Å². The van der Waals surface area contributed by atoms with E-state index in [-0.39, 0.29) is 11.8 Å². The predicted molar refractivity (Wildman–Crippen MR) is 67.0 cm³/mol. The zero-order valence-corrected chi connectivity index (χ0v) is 10.6. The molecule has 0 fully saturated rings. The van der Waals surface area contributed by atoms with Crippen molar-refractivity contribution in [1.82, 2.24) is 15.3 Å². The highest BCUT2D eigenvalue weighted by atomic mass is 16.2. The van der Waals surface area contributed by atoms with Crippen molar-refractivity contribution in [2.24, 2.45) is 11.8 Å². The van der Waals surface area contributed by atoms with Gasteiger partial charge in [0, 0.05) is 19.3 Å². The number of nitriles is 1. The number of hydrogen-bond donors (Lipinski definition) is 2. The molecule has 0 radical (unpaired) electrons. The Labute approximate surface area is 106 Å². The van der Waals surface area contributed by atoms with Crippen molar-refractivity contribution < 1.29 is 4.79 Å². The summed E-state index contributed by atoms with van der Waals surface area (Å²) >= 11 is 0. The number of nitrogen functional groups attached to an aromatic ring is 1. The molecule has 1 aromatic heterocycles. The summed E-state index contributed by atoms with van der Waals surface area (Å²) in [6.45, 7) is 3.19. The Hall–Kier alpha value is -1.97. The lowest BCUT2D eigenvalue weighted by atomic mass is 10.2. The van der Waals surface area contributed by atoms with Crippen LogP contribution in [-0.2, 0) is 6.54 Å². The van der Waals surface area contributed by atoms with E-state index in [9.17, 15) is 4.79 Å². The van der Waals surface area contributed by atoms with Crippen LogP contribution in [0.4, 0.5) is 0 Å². The second-order valence-electron chi connectivity index (χ2n) is 4.24. The minimum absolute atomic E-state index is 0.0164. The lowest BCUT2D eigenvalue weighted by Crippen LogP contribution is -2.30. The summed E-state index contributed by atoms with van der Waals surface area (Å²) in [4.78, 5) is 17.4. The Morgan fingerprint density at radius 2 is 2.39 bits per heavy atom. The van der Waals surface area contributed by atoms with Gasteiger partial charge in [-0.25, -0.2) is 5.84 Å². The first kappa shape index (κ1) is 14.1. The number of rotatable bonds is 5. The van der Waals surface area contributed by atoms with Gasteiger partial charge in [0.2, 0.25) is 0 Å². The van der Waals surface area contributed by atoms with Crippen LogP contribution < -0.4 is 11.3 Å². The summed E-state index contributed by atoms with van der Waals surface area (Å²) in [5, 5.41) is 8.73. The molecule has 0 aliphatic carbocycles. The van der Waals surface area contributed by atoms with E-state index in [1.54, 1.807) is 12.1 Å². The normalized spacial score (nSPS) is 11.9. The number of carbonyl (C=O) groups is 1. The van der Waals surface area contributed by atoms with Crippen LogP contribution in [0.15, 0.2) is 18.3 Å². The zero-order valence-electron chi connectivity index (χ0n) is 10.6. The molecule has 96 valence electrons. The molecule has 1 amide bonds. The second-order valence-corrected chi connectivity index (χ2v) is 4.24. The summed E-state index contributed by atoms with van der Waals surface area (Å²) in [5.74, 6) is 4.65. The standard InChI is InChI=1S/C12H17N5O/c1-9(5-13)7-17(2)8-11-4-3-10(6-15-11)12(18)16-14/h3-4,6,9H,7-8,14H2,1-2H3,(H,16,18). The maximum atomic E-state index is 11.2. The average Bonchev–Trinajstić information content (AvgIpc) is 2.38. The van der Waals surface area contributed by atoms with Crippen LogP contribution in [0.2, 0.25) is 0 Å². The molecule has 1 unspecified atom stereocenters. The van der Waals surface area contributed by atoms with Crippen molar-refractivity contribution in [3.8, 4) is 6.07 Å². The van der Waals surface area contributed by atoms with Crippen molar-refractivity contribution in [1.29, 1.82) is 5.26 Å². The summed E-state index contributed by atoms with van der Waals surface area (Å²) in [5.41, 5.74) is 3.32. The van der Waals surface area contributed by atoms with Crippen molar-refractivity contribution in [2.75, 3.05) is 13.6 Å². The van der Waals surface area contributed by atoms with E-state index in [1.807, 2.05) is 24.3 Å². The van der Waals surface area contributed by atoms with Crippen LogP contribution >= 0.6 is 0 Å². The number of carbonyl (C=O) groups excluding carboxylic acids is 1. The van der Waals surface area contributed by atoms with Crippen LogP contribution in [0, 0.1) is 17.2 Å². The summed E-state index contributed by atoms with van der Waals surface area (Å²) in [6, 6.07) is 5.63. The highest BCUT2D eigenvalue weighted by Gasteiger charge is 2.08. The fourth-order valence-corrected chi connectivity index (χ4v) is 1.59. The van der Waals surface area contributed by atoms with Gasteiger partial charge in [-0.15, -0.1) is 0 Å². The molecule has 18 heavy (non-hydrogen) atoms. The summed E-state index contributed by atoms with van der Waals surface area (Å²) in [7, 11) is 1.93. The third-order valence-electron chi connectivity index (χ3n) is 2.46. The lowest BCUT2D eigenvalue weighted by Gasteiger charge is -2.17. The first-order valence-corrected chi connectivity index (χ1v) is 5.61. The number of nitrogens with two attached hydrogens (primary N) is 1. The van der Waals surface area contributed by atoms with Crippen LogP contribution in [0.1, 0.15) is 23.0 Å². The fourth-order valence-electron chi connectivity index (χ4n) is 1.59. The van der Waals surface area contributed by atoms with E-state index in [0.717, 1.165) is 5.69 Å². The number of hydrazine groups is 1. The molecule has 3 N–H and O–H groups in total. The molecule has 0 aromatic carbocycles. The lowest BCUT2D eigenvalue weighted by molar-refractivity contribution is 0.0953. The third kappa shape index (κ3) is 4.13. The Morgan fingerprint density at radius 3 is 2.89 bits per heavy atom. The van der Waals surface area contributed by atoms with Gasteiger partial charge in [0.05, 0.1) is 23.2 Å². The molecule has 0 bridgehead atoms. The zero-order chi connectivity index (χ0) is 13.5. The van der Waals surface area contributed by atoms with Crippen molar-refractivity contribution in [3.05, 3.63) is 29.6 Å². The molecule has 0 spiro atoms. The number of hydrogen-bond acceptors (Lipinski definition) is 5. The van der Waals surface area contributed by atoms with E-state index in [1.165, 1.54) is 6.20 Å². The van der Waals surface area contributed by atoms with Crippen molar-refractivity contribution >= 4 is 5.91 Å². The van der Waals surface area contributed by atoms with Crippen LogP contribution in [0.25, 0.3) is 0 Å². The SMILES string of the molecule is CC(C#N)CN(C)Cc1ccc(C(=O)NN)cn1. The Morgan fingerprint density at radius 1 is 1.67 bits per heavy atom. The van der Waals surface area contributed by atoms with Gasteiger partial charge in [0.25, 0.3) is 5.91 Å². The first-order chi connectivity index (χ1) is 8.56. The number of pyridine rings is 1. The molecule has 1 atom stereocenters. The molecule has 0 aliphatic heterocycles. The van der Waals surface area contributed by atoms with Gasteiger partial charge in [0.1, 0.15) is 0 Å². The number of nitrogens with zero attached hydrogens (tertiary/aromatic N) is 3. The first-order valence-electron chi connectivity index (χ1n) is 5.61. The maximum Gasteiger partial charge on any atom is 0.266 e. The quantitative estimate of drug-likeness (QED) is 0.442. The van der Waals surface area contributed by atoms with Crippen molar-refractivity contribution in [3.63, 3.8) is 0 Å². The molecule has 6 heteroatoms. The number of amides is 1. The molecule has 1 heterocycles. The van der Waals surface area contributed by atoms with Crippen LogP contribution in [0.3, 0.4) is 0 Å². The average molecular weight is 247 g/mol. The number of aromatic nitrogens is 1. The topological polar surface area (TPSA) is 95.0 Å². The smallest absolute Gasteiger partial charge is 0.266 e. The molecular weight excluding hydrogens is 230 g/mol. The minimum Gasteiger partial charge on any atom is -0.299 e. The maximum absolute atomic E-state index is 11.2. The van der Waals surface area contributed by atoms with Gasteiger partial charge < -0.3 is 0 Å². The van der Waals surface area contributed by atoms with Gasteiger partial charge in [-0.2, -0.15) is 5.26 Å². The van der Waals surface area contributed by atoms with E-state index >= 15 is 0 Å². The van der Waals surface area contributed by atoms with E-state index < -0.39 is 0 Å². The molecular formula is C12H17N5O. The van der Waals surface area contributed by atoms with E-state index in [4.69, 9.17) is 11.1 Å². The molecule has 0 aliphatic rings.